The van der Waals surface area contributed by atoms with E-state index in [1.54, 1.807) is 6.07 Å². The number of halogens is 1. The highest BCUT2D eigenvalue weighted by Gasteiger charge is 2.56. The predicted molar refractivity (Wildman–Crippen MR) is 97.5 cm³/mol. The first kappa shape index (κ1) is 16.0. The van der Waals surface area contributed by atoms with E-state index in [9.17, 15) is 9.59 Å². The third-order valence-corrected chi connectivity index (χ3v) is 5.07. The van der Waals surface area contributed by atoms with Gasteiger partial charge in [0.2, 0.25) is 12.0 Å². The third-order valence-electron chi connectivity index (χ3n) is 4.55. The molecule has 2 heterocycles. The van der Waals surface area contributed by atoms with Crippen molar-refractivity contribution in [3.8, 4) is 0 Å². The van der Waals surface area contributed by atoms with Gasteiger partial charge in [0.15, 0.2) is 0 Å². The lowest BCUT2D eigenvalue weighted by Crippen LogP contribution is -2.33. The summed E-state index contributed by atoms with van der Waals surface area (Å²) in [5.41, 5.74) is 3.84. The van der Waals surface area contributed by atoms with E-state index in [1.165, 1.54) is 4.90 Å². The number of aryl methyl sites for hydroxylation is 2. The molecule has 5 nitrogen and oxygen atoms in total. The summed E-state index contributed by atoms with van der Waals surface area (Å²) in [4.78, 5) is 32.4. The van der Waals surface area contributed by atoms with Crippen molar-refractivity contribution in [3.05, 3.63) is 63.6 Å². The van der Waals surface area contributed by atoms with Crippen LogP contribution in [0.4, 0.5) is 5.69 Å². The zero-order valence-electron chi connectivity index (χ0n) is 13.7. The van der Waals surface area contributed by atoms with Gasteiger partial charge >= 0.3 is 0 Å². The summed E-state index contributed by atoms with van der Waals surface area (Å²) in [5, 5.41) is 4.02. The molecule has 2 aromatic rings. The molecule has 0 aromatic heterocycles. The van der Waals surface area contributed by atoms with Crippen molar-refractivity contribution in [1.29, 1.82) is 0 Å². The van der Waals surface area contributed by atoms with Gasteiger partial charge < -0.3 is 4.84 Å². The van der Waals surface area contributed by atoms with Gasteiger partial charge in [0.1, 0.15) is 11.6 Å². The van der Waals surface area contributed by atoms with Crippen LogP contribution in [0.1, 0.15) is 16.7 Å². The molecule has 1 saturated heterocycles. The van der Waals surface area contributed by atoms with Gasteiger partial charge in [-0.1, -0.05) is 50.9 Å². The second kappa shape index (κ2) is 5.81. The molecule has 2 aromatic carbocycles. The van der Waals surface area contributed by atoms with Crippen LogP contribution >= 0.6 is 15.9 Å². The smallest absolute Gasteiger partial charge is 0.278 e. The van der Waals surface area contributed by atoms with Crippen LogP contribution in [0.2, 0.25) is 0 Å². The number of oxime groups is 1. The normalized spacial score (nSPS) is 22.0. The molecule has 126 valence electrons. The van der Waals surface area contributed by atoms with E-state index in [-0.39, 0.29) is 11.8 Å². The molecule has 4 rings (SSSR count). The molecular weight excluding hydrogens is 384 g/mol. The fourth-order valence-corrected chi connectivity index (χ4v) is 3.59. The summed E-state index contributed by atoms with van der Waals surface area (Å²) in [5.74, 6) is -1.35. The zero-order chi connectivity index (χ0) is 17.7. The van der Waals surface area contributed by atoms with Crippen molar-refractivity contribution in [2.24, 2.45) is 11.1 Å². The molecule has 0 spiro atoms. The van der Waals surface area contributed by atoms with Crippen molar-refractivity contribution in [1.82, 2.24) is 0 Å². The molecule has 2 atom stereocenters. The molecule has 0 unspecified atom stereocenters. The Balaban J connectivity index is 1.72. The van der Waals surface area contributed by atoms with Crippen LogP contribution in [-0.2, 0) is 14.4 Å². The van der Waals surface area contributed by atoms with Gasteiger partial charge in [-0.05, 0) is 37.6 Å². The highest BCUT2D eigenvalue weighted by molar-refractivity contribution is 9.10. The molecule has 2 aliphatic rings. The molecule has 2 aliphatic heterocycles. The number of carbonyl (C=O) groups is 2. The molecule has 6 heteroatoms. The number of benzene rings is 2. The topological polar surface area (TPSA) is 59.0 Å². The van der Waals surface area contributed by atoms with Crippen LogP contribution in [0.25, 0.3) is 0 Å². The summed E-state index contributed by atoms with van der Waals surface area (Å²) in [7, 11) is 0. The number of hydrogen-bond donors (Lipinski definition) is 0. The Kier molecular flexibility index (Phi) is 3.72. The monoisotopic (exact) mass is 398 g/mol. The molecule has 0 bridgehead atoms. The number of anilines is 1. The molecule has 1 fully saturated rings. The van der Waals surface area contributed by atoms with Crippen LogP contribution in [0, 0.1) is 19.8 Å². The van der Waals surface area contributed by atoms with Crippen molar-refractivity contribution < 1.29 is 14.4 Å². The zero-order valence-corrected chi connectivity index (χ0v) is 15.3. The standard InChI is InChI=1S/C19H15BrN2O3/c1-10-3-8-14(11(2)9-10)22-18(23)15-16(21-25-17(15)19(22)24)12-4-6-13(20)7-5-12/h3-9,15,17H,1-2H3/t15-,17-/m1/s1. The number of amides is 2. The van der Waals surface area contributed by atoms with Crippen molar-refractivity contribution in [2.75, 3.05) is 4.90 Å². The minimum absolute atomic E-state index is 0.291. The van der Waals surface area contributed by atoms with Gasteiger partial charge in [0.25, 0.3) is 5.91 Å². The van der Waals surface area contributed by atoms with E-state index in [0.29, 0.717) is 11.4 Å². The van der Waals surface area contributed by atoms with E-state index < -0.39 is 12.0 Å². The van der Waals surface area contributed by atoms with E-state index in [4.69, 9.17) is 4.84 Å². The van der Waals surface area contributed by atoms with Crippen LogP contribution in [0.3, 0.4) is 0 Å². The van der Waals surface area contributed by atoms with Gasteiger partial charge in [0.05, 0.1) is 5.69 Å². The summed E-state index contributed by atoms with van der Waals surface area (Å²) < 4.78 is 0.929. The molecule has 25 heavy (non-hydrogen) atoms. The Morgan fingerprint density at radius 2 is 1.76 bits per heavy atom. The lowest BCUT2D eigenvalue weighted by molar-refractivity contribution is -0.126. The van der Waals surface area contributed by atoms with Crippen LogP contribution in [0.5, 0.6) is 0 Å². The minimum atomic E-state index is -0.883. The maximum Gasteiger partial charge on any atom is 0.278 e. The average Bonchev–Trinajstić information content (AvgIpc) is 3.11. The van der Waals surface area contributed by atoms with E-state index in [2.05, 4.69) is 21.1 Å². The largest absolute Gasteiger partial charge is 0.381 e. The Morgan fingerprint density at radius 1 is 1.04 bits per heavy atom. The Labute approximate surface area is 153 Å². The van der Waals surface area contributed by atoms with Gasteiger partial charge in [-0.2, -0.15) is 0 Å². The SMILES string of the molecule is Cc1ccc(N2C(=O)[C@@H]3C(c4ccc(Br)cc4)=NO[C@H]3C2=O)c(C)c1. The van der Waals surface area contributed by atoms with Gasteiger partial charge in [-0.25, -0.2) is 4.90 Å². The molecule has 0 saturated carbocycles. The highest BCUT2D eigenvalue weighted by atomic mass is 79.9. The fourth-order valence-electron chi connectivity index (χ4n) is 3.33. The van der Waals surface area contributed by atoms with E-state index >= 15 is 0 Å². The van der Waals surface area contributed by atoms with E-state index in [1.807, 2.05) is 50.2 Å². The van der Waals surface area contributed by atoms with Crippen molar-refractivity contribution in [3.63, 3.8) is 0 Å². The summed E-state index contributed by atoms with van der Waals surface area (Å²) in [6.07, 6.45) is -0.883. The Morgan fingerprint density at radius 3 is 2.44 bits per heavy atom. The summed E-state index contributed by atoms with van der Waals surface area (Å²) in [6, 6.07) is 13.1. The third kappa shape index (κ3) is 2.48. The lowest BCUT2D eigenvalue weighted by atomic mass is 9.94. The molecule has 0 N–H and O–H groups in total. The first-order chi connectivity index (χ1) is 12.0. The fraction of sp³-hybridized carbons (Fsp3) is 0.211. The number of fused-ring (bicyclic) bond motifs is 1. The van der Waals surface area contributed by atoms with Crippen molar-refractivity contribution >= 4 is 39.1 Å². The van der Waals surface area contributed by atoms with Crippen LogP contribution in [0.15, 0.2) is 52.1 Å². The van der Waals surface area contributed by atoms with Crippen LogP contribution in [-0.4, -0.2) is 23.6 Å². The second-order valence-electron chi connectivity index (χ2n) is 6.29. The Hall–Kier alpha value is -2.47. The second-order valence-corrected chi connectivity index (χ2v) is 7.20. The predicted octanol–water partition coefficient (Wildman–Crippen LogP) is 3.36. The maximum absolute atomic E-state index is 13.0. The molecule has 2 amide bonds. The van der Waals surface area contributed by atoms with Crippen LogP contribution < -0.4 is 4.90 Å². The number of hydrogen-bond acceptors (Lipinski definition) is 4. The molecule has 0 aliphatic carbocycles. The first-order valence-corrected chi connectivity index (χ1v) is 8.71. The molecular formula is C19H15BrN2O3. The average molecular weight is 399 g/mol. The van der Waals surface area contributed by atoms with E-state index in [0.717, 1.165) is 21.2 Å². The number of nitrogens with zero attached hydrogens (tertiary/aromatic N) is 2. The number of imide groups is 1. The first-order valence-electron chi connectivity index (χ1n) is 7.92. The minimum Gasteiger partial charge on any atom is -0.381 e. The molecule has 0 radical (unpaired) electrons. The number of rotatable bonds is 2. The Bertz CT molecular complexity index is 921. The highest BCUT2D eigenvalue weighted by Crippen LogP contribution is 2.36. The maximum atomic E-state index is 13.0. The summed E-state index contributed by atoms with van der Waals surface area (Å²) >= 11 is 3.39. The van der Waals surface area contributed by atoms with Gasteiger partial charge in [-0.15, -0.1) is 0 Å². The van der Waals surface area contributed by atoms with Crippen molar-refractivity contribution in [2.45, 2.75) is 20.0 Å². The lowest BCUT2D eigenvalue weighted by Gasteiger charge is -2.18. The summed E-state index contributed by atoms with van der Waals surface area (Å²) in [6.45, 7) is 3.86. The quantitative estimate of drug-likeness (QED) is 0.728. The van der Waals surface area contributed by atoms with Gasteiger partial charge in [0, 0.05) is 10.0 Å². The van der Waals surface area contributed by atoms with Gasteiger partial charge in [-0.3, -0.25) is 9.59 Å². The number of carbonyl (C=O) groups excluding carboxylic acids is 2.